The van der Waals surface area contributed by atoms with E-state index in [-0.39, 0.29) is 6.42 Å². The zero-order chi connectivity index (χ0) is 18.2. The standard InChI is InChI=1S/C17H19NO6S/c1-23-14(19)10-13(25-17(22)11-6-3-2-4-7-11)16(21)24-15(20)12-8-5-9-18-12/h2-4,6-7,12-13,18H,5,8-10H2,1H3/t12-,13?/m0/s1. The van der Waals surface area contributed by atoms with Gasteiger partial charge in [-0.25, -0.2) is 4.79 Å². The smallest absolute Gasteiger partial charge is 0.330 e. The number of methoxy groups -OCH3 is 1. The highest BCUT2D eigenvalue weighted by Crippen LogP contribution is 2.23. The fraction of sp³-hybridized carbons (Fsp3) is 0.412. The Bertz CT molecular complexity index is 642. The number of ether oxygens (including phenoxy) is 2. The lowest BCUT2D eigenvalue weighted by atomic mass is 10.2. The molecule has 7 nitrogen and oxygen atoms in total. The highest BCUT2D eigenvalue weighted by atomic mass is 32.2. The third kappa shape index (κ3) is 5.68. The minimum atomic E-state index is -1.15. The van der Waals surface area contributed by atoms with Crippen LogP contribution in [0.15, 0.2) is 30.3 Å². The van der Waals surface area contributed by atoms with Crippen molar-refractivity contribution < 1.29 is 28.7 Å². The van der Waals surface area contributed by atoms with Crippen molar-refractivity contribution in [2.45, 2.75) is 30.6 Å². The van der Waals surface area contributed by atoms with Gasteiger partial charge in [0.2, 0.25) is 5.12 Å². The molecule has 1 saturated heterocycles. The number of benzene rings is 1. The molecule has 8 heteroatoms. The molecule has 1 aromatic rings. The molecule has 25 heavy (non-hydrogen) atoms. The zero-order valence-electron chi connectivity index (χ0n) is 13.7. The molecule has 1 fully saturated rings. The summed E-state index contributed by atoms with van der Waals surface area (Å²) in [4.78, 5) is 48.0. The highest BCUT2D eigenvalue weighted by molar-refractivity contribution is 8.15. The number of rotatable bonds is 6. The quantitative estimate of drug-likeness (QED) is 0.595. The summed E-state index contributed by atoms with van der Waals surface area (Å²) in [5, 5.41) is 1.39. The molecule has 0 aromatic heterocycles. The van der Waals surface area contributed by atoms with Gasteiger partial charge in [-0.3, -0.25) is 14.4 Å². The van der Waals surface area contributed by atoms with Crippen molar-refractivity contribution in [3.8, 4) is 0 Å². The van der Waals surface area contributed by atoms with E-state index in [1.54, 1.807) is 30.3 Å². The van der Waals surface area contributed by atoms with Gasteiger partial charge in [0, 0.05) is 5.56 Å². The summed E-state index contributed by atoms with van der Waals surface area (Å²) in [6.07, 6.45) is 1.05. The van der Waals surface area contributed by atoms with Crippen LogP contribution >= 0.6 is 11.8 Å². The number of hydrogen-bond donors (Lipinski definition) is 1. The Morgan fingerprint density at radius 2 is 1.96 bits per heavy atom. The van der Waals surface area contributed by atoms with E-state index < -0.39 is 34.3 Å². The number of nitrogens with one attached hydrogen (secondary N) is 1. The predicted octanol–water partition coefficient (Wildman–Crippen LogP) is 1.31. The summed E-state index contributed by atoms with van der Waals surface area (Å²) in [5.41, 5.74) is 0.388. The van der Waals surface area contributed by atoms with E-state index in [0.29, 0.717) is 30.3 Å². The summed E-state index contributed by atoms with van der Waals surface area (Å²) in [6.45, 7) is 0.681. The monoisotopic (exact) mass is 365 g/mol. The summed E-state index contributed by atoms with van der Waals surface area (Å²) in [7, 11) is 1.18. The van der Waals surface area contributed by atoms with Crippen LogP contribution in [0.2, 0.25) is 0 Å². The second-order valence-electron chi connectivity index (χ2n) is 5.43. The van der Waals surface area contributed by atoms with Gasteiger partial charge in [0.1, 0.15) is 11.3 Å². The van der Waals surface area contributed by atoms with Gasteiger partial charge in [0.25, 0.3) is 0 Å². The third-order valence-corrected chi connectivity index (χ3v) is 4.74. The van der Waals surface area contributed by atoms with Crippen molar-refractivity contribution in [3.63, 3.8) is 0 Å². The average molecular weight is 365 g/mol. The Labute approximate surface area is 149 Å². The zero-order valence-corrected chi connectivity index (χ0v) is 14.5. The molecule has 1 N–H and O–H groups in total. The van der Waals surface area contributed by atoms with Crippen molar-refractivity contribution in [2.75, 3.05) is 13.7 Å². The minimum absolute atomic E-state index is 0.357. The van der Waals surface area contributed by atoms with Crippen LogP contribution in [-0.4, -0.2) is 48.0 Å². The number of esters is 3. The SMILES string of the molecule is COC(=O)CC(SC(=O)c1ccccc1)C(=O)OC(=O)[C@@H]1CCCN1. The molecule has 134 valence electrons. The third-order valence-electron chi connectivity index (χ3n) is 3.65. The van der Waals surface area contributed by atoms with E-state index in [0.717, 1.165) is 6.42 Å². The molecule has 0 saturated carbocycles. The average Bonchev–Trinajstić information content (AvgIpc) is 3.16. The van der Waals surface area contributed by atoms with Gasteiger partial charge < -0.3 is 14.8 Å². The van der Waals surface area contributed by atoms with Gasteiger partial charge in [-0.2, -0.15) is 0 Å². The Kier molecular flexibility index (Phi) is 7.15. The van der Waals surface area contributed by atoms with Crippen LogP contribution in [0.5, 0.6) is 0 Å². The molecule has 1 aromatic carbocycles. The number of carbonyl (C=O) groups excluding carboxylic acids is 4. The van der Waals surface area contributed by atoms with Gasteiger partial charge in [0.05, 0.1) is 13.5 Å². The summed E-state index contributed by atoms with van der Waals surface area (Å²) >= 11 is 0.647. The molecular formula is C17H19NO6S. The topological polar surface area (TPSA) is 98.8 Å². The molecule has 0 bridgehead atoms. The van der Waals surface area contributed by atoms with E-state index in [1.165, 1.54) is 7.11 Å². The summed E-state index contributed by atoms with van der Waals surface area (Å²) < 4.78 is 9.41. The second kappa shape index (κ2) is 9.33. The van der Waals surface area contributed by atoms with E-state index >= 15 is 0 Å². The minimum Gasteiger partial charge on any atom is -0.469 e. The summed E-state index contributed by atoms with van der Waals surface area (Å²) in [6, 6.07) is 7.81. The van der Waals surface area contributed by atoms with Gasteiger partial charge >= 0.3 is 17.9 Å². The maximum Gasteiger partial charge on any atom is 0.330 e. The Hall–Kier alpha value is -2.19. The largest absolute Gasteiger partial charge is 0.469 e. The molecule has 0 aliphatic carbocycles. The predicted molar refractivity (Wildman–Crippen MR) is 90.9 cm³/mol. The van der Waals surface area contributed by atoms with Gasteiger partial charge in [-0.1, -0.05) is 42.1 Å². The molecule has 1 aliphatic rings. The number of carbonyl (C=O) groups is 4. The van der Waals surface area contributed by atoms with E-state index in [4.69, 9.17) is 4.74 Å². The Balaban J connectivity index is 2.03. The molecule has 1 aliphatic heterocycles. The fourth-order valence-corrected chi connectivity index (χ4v) is 3.20. The van der Waals surface area contributed by atoms with Gasteiger partial charge in [-0.15, -0.1) is 0 Å². The van der Waals surface area contributed by atoms with Crippen LogP contribution in [0.25, 0.3) is 0 Å². The van der Waals surface area contributed by atoms with Crippen molar-refractivity contribution in [3.05, 3.63) is 35.9 Å². The first-order chi connectivity index (χ1) is 12.0. The van der Waals surface area contributed by atoms with Crippen molar-refractivity contribution in [1.82, 2.24) is 5.32 Å². The van der Waals surface area contributed by atoms with Crippen LogP contribution in [0, 0.1) is 0 Å². The molecule has 2 atom stereocenters. The van der Waals surface area contributed by atoms with E-state index in [9.17, 15) is 19.2 Å². The van der Waals surface area contributed by atoms with Crippen LogP contribution in [-0.2, 0) is 23.9 Å². The molecule has 2 rings (SSSR count). The maximum atomic E-state index is 12.3. The molecule has 1 unspecified atom stereocenters. The summed E-state index contributed by atoms with van der Waals surface area (Å²) in [5.74, 6) is -2.27. The Morgan fingerprint density at radius 3 is 2.56 bits per heavy atom. The Morgan fingerprint density at radius 1 is 1.24 bits per heavy atom. The molecule has 0 amide bonds. The van der Waals surface area contributed by atoms with Crippen LogP contribution in [0.1, 0.15) is 29.6 Å². The number of thioether (sulfide) groups is 1. The van der Waals surface area contributed by atoms with Crippen LogP contribution in [0.4, 0.5) is 0 Å². The second-order valence-corrected chi connectivity index (χ2v) is 6.60. The lowest BCUT2D eigenvalue weighted by Crippen LogP contribution is -2.36. The van der Waals surface area contributed by atoms with E-state index in [2.05, 4.69) is 10.1 Å². The molecule has 0 radical (unpaired) electrons. The van der Waals surface area contributed by atoms with Crippen molar-refractivity contribution in [1.29, 1.82) is 0 Å². The van der Waals surface area contributed by atoms with Crippen molar-refractivity contribution >= 4 is 34.8 Å². The van der Waals surface area contributed by atoms with Crippen LogP contribution < -0.4 is 5.32 Å². The first-order valence-electron chi connectivity index (χ1n) is 7.83. The normalized spacial score (nSPS) is 17.6. The van der Waals surface area contributed by atoms with Crippen molar-refractivity contribution in [2.24, 2.45) is 0 Å². The van der Waals surface area contributed by atoms with Crippen LogP contribution in [0.3, 0.4) is 0 Å². The molecule has 1 heterocycles. The van der Waals surface area contributed by atoms with E-state index in [1.807, 2.05) is 0 Å². The fourth-order valence-electron chi connectivity index (χ4n) is 2.30. The lowest BCUT2D eigenvalue weighted by molar-refractivity contribution is -0.161. The first kappa shape index (κ1) is 19.1. The first-order valence-corrected chi connectivity index (χ1v) is 8.71. The lowest BCUT2D eigenvalue weighted by Gasteiger charge is -2.15. The highest BCUT2D eigenvalue weighted by Gasteiger charge is 2.32. The molecular weight excluding hydrogens is 346 g/mol. The molecule has 0 spiro atoms. The van der Waals surface area contributed by atoms with Gasteiger partial charge in [0.15, 0.2) is 0 Å². The van der Waals surface area contributed by atoms with Gasteiger partial charge in [-0.05, 0) is 19.4 Å². The number of hydrogen-bond acceptors (Lipinski definition) is 8. The maximum absolute atomic E-state index is 12.3.